The lowest BCUT2D eigenvalue weighted by Crippen LogP contribution is -2.16. The molecule has 0 radical (unpaired) electrons. The molecule has 1 atom stereocenters. The molecule has 1 heterocycles. The highest BCUT2D eigenvalue weighted by atomic mass is 16.4. The maximum atomic E-state index is 12.4. The topological polar surface area (TPSA) is 50.2 Å². The van der Waals surface area contributed by atoms with Crippen LogP contribution in [0, 0.1) is 6.92 Å². The number of aromatic nitrogens is 1. The zero-order valence-corrected chi connectivity index (χ0v) is 19.2. The van der Waals surface area contributed by atoms with Crippen molar-refractivity contribution in [2.45, 2.75) is 78.1 Å². The van der Waals surface area contributed by atoms with Gasteiger partial charge in [-0.05, 0) is 84.4 Å². The maximum absolute atomic E-state index is 12.4. The average Bonchev–Trinajstić information content (AvgIpc) is 2.76. The van der Waals surface area contributed by atoms with Crippen LogP contribution < -0.4 is 0 Å². The lowest BCUT2D eigenvalue weighted by Gasteiger charge is -2.25. The second kappa shape index (κ2) is 8.82. The van der Waals surface area contributed by atoms with Gasteiger partial charge in [-0.25, -0.2) is 0 Å². The van der Waals surface area contributed by atoms with Crippen molar-refractivity contribution in [2.75, 3.05) is 0 Å². The van der Waals surface area contributed by atoms with Gasteiger partial charge in [0.25, 0.3) is 0 Å². The minimum atomic E-state index is -0.754. The predicted octanol–water partition coefficient (Wildman–Crippen LogP) is 7.18. The zero-order chi connectivity index (χ0) is 22.1. The van der Waals surface area contributed by atoms with Crippen LogP contribution in [0.1, 0.15) is 86.2 Å². The summed E-state index contributed by atoms with van der Waals surface area (Å²) in [5, 5.41) is 11.3. The average molecular weight is 416 g/mol. The van der Waals surface area contributed by atoms with Gasteiger partial charge in [0.15, 0.2) is 0 Å². The maximum Gasteiger partial charge on any atom is 0.311 e. The van der Waals surface area contributed by atoms with Crippen LogP contribution in [0.15, 0.2) is 36.4 Å². The first-order valence-corrected chi connectivity index (χ1v) is 11.7. The molecule has 1 aromatic heterocycles. The molecule has 31 heavy (non-hydrogen) atoms. The number of hydrogen-bond acceptors (Lipinski definition) is 2. The lowest BCUT2D eigenvalue weighted by atomic mass is 9.80. The molecule has 0 aliphatic heterocycles. The van der Waals surface area contributed by atoms with Gasteiger partial charge in [-0.2, -0.15) is 0 Å². The van der Waals surface area contributed by atoms with Crippen LogP contribution in [0.2, 0.25) is 0 Å². The highest BCUT2D eigenvalue weighted by Crippen LogP contribution is 2.42. The van der Waals surface area contributed by atoms with Crippen LogP contribution in [0.4, 0.5) is 0 Å². The van der Waals surface area contributed by atoms with Crippen molar-refractivity contribution in [3.63, 3.8) is 0 Å². The number of carbonyl (C=O) groups is 1. The van der Waals surface area contributed by atoms with Gasteiger partial charge >= 0.3 is 5.97 Å². The molecule has 1 unspecified atom stereocenters. The summed E-state index contributed by atoms with van der Waals surface area (Å²) in [6, 6.07) is 13.1. The predicted molar refractivity (Wildman–Crippen MR) is 128 cm³/mol. The van der Waals surface area contributed by atoms with Crippen LogP contribution in [0.25, 0.3) is 22.0 Å². The summed E-state index contributed by atoms with van der Waals surface area (Å²) >= 11 is 0. The van der Waals surface area contributed by atoms with Gasteiger partial charge in [-0.15, -0.1) is 0 Å². The number of rotatable bonds is 6. The molecule has 3 heteroatoms. The minimum Gasteiger partial charge on any atom is -0.481 e. The van der Waals surface area contributed by atoms with Gasteiger partial charge in [0.2, 0.25) is 0 Å². The third-order valence-electron chi connectivity index (χ3n) is 6.80. The van der Waals surface area contributed by atoms with Crippen LogP contribution >= 0.6 is 0 Å². The van der Waals surface area contributed by atoms with E-state index in [9.17, 15) is 9.90 Å². The van der Waals surface area contributed by atoms with E-state index >= 15 is 0 Å². The van der Waals surface area contributed by atoms with Crippen molar-refractivity contribution in [3.05, 3.63) is 64.3 Å². The van der Waals surface area contributed by atoms with Crippen molar-refractivity contribution < 1.29 is 9.90 Å². The first kappa shape index (κ1) is 21.5. The van der Waals surface area contributed by atoms with Crippen molar-refractivity contribution in [2.24, 2.45) is 0 Å². The summed E-state index contributed by atoms with van der Waals surface area (Å²) in [6.45, 7) is 8.43. The SMILES string of the molecule is CCCC(C(=O)O)c1c(C)nc2ccc3c(c2c1-c1ccc(C(C)C)cc1)CCCC3. The van der Waals surface area contributed by atoms with Crippen LogP contribution in [-0.4, -0.2) is 16.1 Å². The molecule has 1 N–H and O–H groups in total. The smallest absolute Gasteiger partial charge is 0.311 e. The van der Waals surface area contributed by atoms with Gasteiger partial charge in [-0.1, -0.05) is 57.5 Å². The van der Waals surface area contributed by atoms with E-state index in [1.807, 2.05) is 6.92 Å². The van der Waals surface area contributed by atoms with E-state index in [1.54, 1.807) is 0 Å². The molecule has 1 aliphatic carbocycles. The number of nitrogens with zero attached hydrogens (tertiary/aromatic N) is 1. The molecule has 3 aromatic rings. The summed E-state index contributed by atoms with van der Waals surface area (Å²) in [6.07, 6.45) is 5.98. The Hall–Kier alpha value is -2.68. The van der Waals surface area contributed by atoms with Gasteiger partial charge in [-0.3, -0.25) is 9.78 Å². The Bertz CT molecular complexity index is 1110. The summed E-state index contributed by atoms with van der Waals surface area (Å²) in [7, 11) is 0. The Morgan fingerprint density at radius 1 is 1.06 bits per heavy atom. The fourth-order valence-electron chi connectivity index (χ4n) is 5.19. The van der Waals surface area contributed by atoms with Gasteiger partial charge in [0.05, 0.1) is 11.4 Å². The highest BCUT2D eigenvalue weighted by Gasteiger charge is 2.28. The molecular formula is C28H33NO2. The Balaban J connectivity index is 2.09. The molecule has 162 valence electrons. The highest BCUT2D eigenvalue weighted by molar-refractivity contribution is 6.01. The molecule has 0 spiro atoms. The fourth-order valence-corrected chi connectivity index (χ4v) is 5.19. The summed E-state index contributed by atoms with van der Waals surface area (Å²) in [5.74, 6) is -0.832. The largest absolute Gasteiger partial charge is 0.481 e. The Morgan fingerprint density at radius 2 is 1.77 bits per heavy atom. The van der Waals surface area contributed by atoms with Crippen molar-refractivity contribution in [1.82, 2.24) is 4.98 Å². The standard InChI is InChI=1S/C28H33NO2/c1-5-8-23(28(30)31)25-18(4)29-24-16-15-20-9-6-7-10-22(20)27(24)26(25)21-13-11-19(12-14-21)17(2)3/h11-17,23H,5-10H2,1-4H3,(H,30,31). The monoisotopic (exact) mass is 415 g/mol. The summed E-state index contributed by atoms with van der Waals surface area (Å²) in [5.41, 5.74) is 9.01. The zero-order valence-electron chi connectivity index (χ0n) is 19.2. The van der Waals surface area contributed by atoms with Crippen LogP contribution in [0.3, 0.4) is 0 Å². The van der Waals surface area contributed by atoms with E-state index < -0.39 is 11.9 Å². The van der Waals surface area contributed by atoms with E-state index in [0.29, 0.717) is 12.3 Å². The van der Waals surface area contributed by atoms with Crippen molar-refractivity contribution in [1.29, 1.82) is 0 Å². The number of carboxylic acid groups (broad SMARTS) is 1. The van der Waals surface area contributed by atoms with E-state index in [0.717, 1.165) is 47.2 Å². The second-order valence-corrected chi connectivity index (χ2v) is 9.25. The minimum absolute atomic E-state index is 0.462. The quantitative estimate of drug-likeness (QED) is 0.464. The van der Waals surface area contributed by atoms with E-state index in [1.165, 1.54) is 34.9 Å². The summed E-state index contributed by atoms with van der Waals surface area (Å²) in [4.78, 5) is 17.3. The normalized spacial score (nSPS) is 14.6. The molecular weight excluding hydrogens is 382 g/mol. The van der Waals surface area contributed by atoms with E-state index in [2.05, 4.69) is 57.2 Å². The molecule has 0 amide bonds. The number of aliphatic carboxylic acids is 1. The number of aryl methyl sites for hydroxylation is 3. The Morgan fingerprint density at radius 3 is 2.42 bits per heavy atom. The fraction of sp³-hybridized carbons (Fsp3) is 0.429. The molecule has 3 nitrogen and oxygen atoms in total. The molecule has 0 saturated heterocycles. The first-order chi connectivity index (χ1) is 14.9. The molecule has 1 aliphatic rings. The van der Waals surface area contributed by atoms with Crippen molar-refractivity contribution >= 4 is 16.9 Å². The molecule has 0 bridgehead atoms. The third kappa shape index (κ3) is 3.98. The number of fused-ring (bicyclic) bond motifs is 3. The Kier molecular flexibility index (Phi) is 6.13. The number of carboxylic acids is 1. The third-order valence-corrected chi connectivity index (χ3v) is 6.80. The van der Waals surface area contributed by atoms with Crippen molar-refractivity contribution in [3.8, 4) is 11.1 Å². The molecule has 0 fully saturated rings. The molecule has 2 aromatic carbocycles. The molecule has 0 saturated carbocycles. The molecule has 4 rings (SSSR count). The van der Waals surface area contributed by atoms with Gasteiger partial charge in [0, 0.05) is 11.1 Å². The number of hydrogen-bond donors (Lipinski definition) is 1. The van der Waals surface area contributed by atoms with Crippen LogP contribution in [-0.2, 0) is 17.6 Å². The van der Waals surface area contributed by atoms with E-state index in [4.69, 9.17) is 4.98 Å². The number of benzene rings is 2. The first-order valence-electron chi connectivity index (χ1n) is 11.7. The van der Waals surface area contributed by atoms with Gasteiger partial charge < -0.3 is 5.11 Å². The van der Waals surface area contributed by atoms with E-state index in [-0.39, 0.29) is 0 Å². The summed E-state index contributed by atoms with van der Waals surface area (Å²) < 4.78 is 0. The Labute approximate surface area is 185 Å². The van der Waals surface area contributed by atoms with Crippen LogP contribution in [0.5, 0.6) is 0 Å². The number of pyridine rings is 1. The lowest BCUT2D eigenvalue weighted by molar-refractivity contribution is -0.139. The van der Waals surface area contributed by atoms with Gasteiger partial charge in [0.1, 0.15) is 0 Å². The second-order valence-electron chi connectivity index (χ2n) is 9.25.